The van der Waals surface area contributed by atoms with Gasteiger partial charge >= 0.3 is 11.9 Å². The van der Waals surface area contributed by atoms with Crippen LogP contribution in [0.4, 0.5) is 0 Å². The van der Waals surface area contributed by atoms with Gasteiger partial charge in [-0.3, -0.25) is 19.2 Å². The first-order chi connectivity index (χ1) is 10.6. The lowest BCUT2D eigenvalue weighted by Crippen LogP contribution is -2.37. The molecule has 1 saturated heterocycles. The Hall–Kier alpha value is -2.45. The lowest BCUT2D eigenvalue weighted by molar-refractivity contribution is -0.196. The molecule has 0 saturated carbocycles. The average Bonchev–Trinajstić information content (AvgIpc) is 2.73. The predicted octanol–water partition coefficient (Wildman–Crippen LogP) is -0.168. The predicted molar refractivity (Wildman–Crippen MR) is 75.3 cm³/mol. The molecule has 0 aromatic heterocycles. The van der Waals surface area contributed by atoms with E-state index in [2.05, 4.69) is 10.2 Å². The Kier molecular flexibility index (Phi) is 6.23. The van der Waals surface area contributed by atoms with Crippen molar-refractivity contribution in [2.24, 2.45) is 0 Å². The van der Waals surface area contributed by atoms with Gasteiger partial charge in [-0.2, -0.15) is 0 Å². The fraction of sp³-hybridized carbons (Fsp3) is 0.643. The van der Waals surface area contributed by atoms with Crippen LogP contribution in [-0.2, 0) is 33.5 Å². The second kappa shape index (κ2) is 7.70. The monoisotopic (exact) mass is 328 g/mol. The van der Waals surface area contributed by atoms with Crippen LogP contribution in [0.3, 0.4) is 0 Å². The molecule has 0 atom stereocenters. The summed E-state index contributed by atoms with van der Waals surface area (Å²) in [6, 6.07) is 0. The highest BCUT2D eigenvalue weighted by Crippen LogP contribution is 2.12. The lowest BCUT2D eigenvalue weighted by Gasteiger charge is -2.19. The number of hydrogen-bond acceptors (Lipinski definition) is 7. The van der Waals surface area contributed by atoms with Gasteiger partial charge in [0.15, 0.2) is 0 Å². The van der Waals surface area contributed by atoms with Crippen molar-refractivity contribution < 1.29 is 33.5 Å². The van der Waals surface area contributed by atoms with Crippen LogP contribution in [0.25, 0.3) is 0 Å². The van der Waals surface area contributed by atoms with Crippen LogP contribution < -0.4 is 5.32 Å². The van der Waals surface area contributed by atoms with E-state index in [1.807, 2.05) is 0 Å². The number of nitrogens with one attached hydrogen (secondary N) is 1. The molecular weight excluding hydrogens is 308 g/mol. The first-order valence-corrected chi connectivity index (χ1v) is 7.13. The van der Waals surface area contributed by atoms with Crippen LogP contribution >= 0.6 is 0 Å². The maximum absolute atomic E-state index is 11.5. The minimum Gasteiger partial charge on any atom is -0.460 e. The van der Waals surface area contributed by atoms with Crippen molar-refractivity contribution in [3.63, 3.8) is 0 Å². The van der Waals surface area contributed by atoms with Gasteiger partial charge in [-0.25, -0.2) is 4.79 Å². The first-order valence-electron chi connectivity index (χ1n) is 7.13. The van der Waals surface area contributed by atoms with Gasteiger partial charge in [-0.05, 0) is 20.8 Å². The number of hydrogen-bond donors (Lipinski definition) is 1. The van der Waals surface area contributed by atoms with Gasteiger partial charge in [0.1, 0.15) is 12.1 Å². The Morgan fingerprint density at radius 2 is 1.61 bits per heavy atom. The molecule has 0 aromatic carbocycles. The molecule has 1 aliphatic rings. The highest BCUT2D eigenvalue weighted by Gasteiger charge is 2.32. The standard InChI is InChI=1S/C14H20N2O7/c1-14(2,3)22-12(20)7-4-9(17)15-8-13(21)23-16-10(18)5-6-11(16)19/h4-8H2,1-3H3,(H,15,17). The van der Waals surface area contributed by atoms with Crippen LogP contribution in [0.15, 0.2) is 0 Å². The summed E-state index contributed by atoms with van der Waals surface area (Å²) in [5.74, 6) is -3.21. The summed E-state index contributed by atoms with van der Waals surface area (Å²) in [6.07, 6.45) is -0.284. The SMILES string of the molecule is CC(C)(C)OC(=O)CCC(=O)NCC(=O)ON1C(=O)CCC1=O. The molecule has 1 fully saturated rings. The van der Waals surface area contributed by atoms with Crippen molar-refractivity contribution >= 4 is 29.7 Å². The number of carbonyl (C=O) groups excluding carboxylic acids is 5. The van der Waals surface area contributed by atoms with E-state index in [4.69, 9.17) is 4.74 Å². The third kappa shape index (κ3) is 6.90. The molecule has 3 amide bonds. The van der Waals surface area contributed by atoms with Gasteiger partial charge in [0.2, 0.25) is 5.91 Å². The van der Waals surface area contributed by atoms with Crippen molar-refractivity contribution in [1.29, 1.82) is 0 Å². The number of esters is 1. The zero-order valence-corrected chi connectivity index (χ0v) is 13.3. The molecule has 0 spiro atoms. The van der Waals surface area contributed by atoms with Crippen molar-refractivity contribution in [3.05, 3.63) is 0 Å². The van der Waals surface area contributed by atoms with Crippen molar-refractivity contribution in [2.45, 2.75) is 52.1 Å². The smallest absolute Gasteiger partial charge is 0.352 e. The summed E-state index contributed by atoms with van der Waals surface area (Å²) in [7, 11) is 0. The third-order valence-corrected chi connectivity index (χ3v) is 2.60. The molecule has 1 N–H and O–H groups in total. The van der Waals surface area contributed by atoms with Crippen LogP contribution in [-0.4, -0.2) is 46.9 Å². The van der Waals surface area contributed by atoms with E-state index in [9.17, 15) is 24.0 Å². The number of rotatable bonds is 6. The van der Waals surface area contributed by atoms with Gasteiger partial charge in [0.05, 0.1) is 6.42 Å². The number of amides is 3. The molecule has 9 heteroatoms. The molecule has 0 bridgehead atoms. The second-order valence-electron chi connectivity index (χ2n) is 5.91. The molecule has 0 radical (unpaired) electrons. The normalized spacial score (nSPS) is 14.7. The first kappa shape index (κ1) is 18.6. The molecule has 0 aliphatic carbocycles. The van der Waals surface area contributed by atoms with Gasteiger partial charge < -0.3 is 14.9 Å². The quantitative estimate of drug-likeness (QED) is 0.531. The maximum atomic E-state index is 11.5. The fourth-order valence-electron chi connectivity index (χ4n) is 1.66. The van der Waals surface area contributed by atoms with Crippen LogP contribution in [0.1, 0.15) is 46.5 Å². The molecule has 9 nitrogen and oxygen atoms in total. The van der Waals surface area contributed by atoms with Gasteiger partial charge in [0.25, 0.3) is 11.8 Å². The van der Waals surface area contributed by atoms with E-state index >= 15 is 0 Å². The van der Waals surface area contributed by atoms with Crippen LogP contribution in [0, 0.1) is 0 Å². The van der Waals surface area contributed by atoms with Crippen molar-refractivity contribution in [3.8, 4) is 0 Å². The number of hydroxylamine groups is 2. The van der Waals surface area contributed by atoms with E-state index in [1.165, 1.54) is 0 Å². The summed E-state index contributed by atoms with van der Waals surface area (Å²) >= 11 is 0. The minimum absolute atomic E-state index is 0.00559. The molecule has 1 aliphatic heterocycles. The summed E-state index contributed by atoms with van der Waals surface area (Å²) < 4.78 is 5.03. The lowest BCUT2D eigenvalue weighted by atomic mass is 10.2. The highest BCUT2D eigenvalue weighted by atomic mass is 16.7. The number of carbonyl (C=O) groups is 5. The molecule has 0 aromatic rings. The molecule has 1 rings (SSSR count). The molecule has 23 heavy (non-hydrogen) atoms. The largest absolute Gasteiger partial charge is 0.460 e. The van der Waals surface area contributed by atoms with E-state index in [-0.39, 0.29) is 25.7 Å². The molecule has 1 heterocycles. The Morgan fingerprint density at radius 3 is 2.13 bits per heavy atom. The Balaban J connectivity index is 2.25. The Bertz CT molecular complexity index is 506. The minimum atomic E-state index is -0.945. The Labute approximate surface area is 133 Å². The van der Waals surface area contributed by atoms with Gasteiger partial charge in [0, 0.05) is 19.3 Å². The number of ether oxygens (including phenoxy) is 1. The van der Waals surface area contributed by atoms with Crippen molar-refractivity contribution in [2.75, 3.05) is 6.54 Å². The maximum Gasteiger partial charge on any atom is 0.352 e. The molecule has 0 unspecified atom stereocenters. The topological polar surface area (TPSA) is 119 Å². The van der Waals surface area contributed by atoms with E-state index in [0.717, 1.165) is 0 Å². The number of imide groups is 1. The third-order valence-electron chi connectivity index (χ3n) is 2.60. The summed E-state index contributed by atoms with van der Waals surface area (Å²) in [4.78, 5) is 61.4. The summed E-state index contributed by atoms with van der Waals surface area (Å²) in [5.41, 5.74) is -0.633. The Morgan fingerprint density at radius 1 is 1.04 bits per heavy atom. The second-order valence-corrected chi connectivity index (χ2v) is 5.91. The summed E-state index contributed by atoms with van der Waals surface area (Å²) in [6.45, 7) is 4.62. The fourth-order valence-corrected chi connectivity index (χ4v) is 1.66. The highest BCUT2D eigenvalue weighted by molar-refractivity contribution is 6.01. The number of nitrogens with zero attached hydrogens (tertiary/aromatic N) is 1. The molecular formula is C14H20N2O7. The van der Waals surface area contributed by atoms with Gasteiger partial charge in [-0.1, -0.05) is 0 Å². The van der Waals surface area contributed by atoms with E-state index < -0.39 is 41.8 Å². The van der Waals surface area contributed by atoms with Gasteiger partial charge in [-0.15, -0.1) is 5.06 Å². The van der Waals surface area contributed by atoms with Crippen LogP contribution in [0.2, 0.25) is 0 Å². The zero-order valence-electron chi connectivity index (χ0n) is 13.3. The van der Waals surface area contributed by atoms with E-state index in [1.54, 1.807) is 20.8 Å². The van der Waals surface area contributed by atoms with Crippen molar-refractivity contribution in [1.82, 2.24) is 10.4 Å². The van der Waals surface area contributed by atoms with E-state index in [0.29, 0.717) is 5.06 Å². The summed E-state index contributed by atoms with van der Waals surface area (Å²) in [5, 5.41) is 2.63. The van der Waals surface area contributed by atoms with Crippen LogP contribution in [0.5, 0.6) is 0 Å². The molecule has 128 valence electrons. The zero-order chi connectivity index (χ0) is 17.6. The average molecular weight is 328 g/mol.